The summed E-state index contributed by atoms with van der Waals surface area (Å²) in [5.41, 5.74) is 0.821. The zero-order valence-electron chi connectivity index (χ0n) is 14.7. The Morgan fingerprint density at radius 2 is 1.96 bits per heavy atom. The molecular formula is C18H29N7S. The van der Waals surface area contributed by atoms with E-state index in [2.05, 4.69) is 51.5 Å². The molecule has 0 radical (unpaired) electrons. The van der Waals surface area contributed by atoms with Crippen LogP contribution < -0.4 is 10.6 Å². The minimum Gasteiger partial charge on any atom is -0.367 e. The summed E-state index contributed by atoms with van der Waals surface area (Å²) in [4.78, 5) is 12.4. The van der Waals surface area contributed by atoms with Gasteiger partial charge in [0.2, 0.25) is 5.95 Å². The fourth-order valence-electron chi connectivity index (χ4n) is 2.84. The number of anilines is 3. The lowest BCUT2D eigenvalue weighted by Gasteiger charge is -2.15. The Morgan fingerprint density at radius 3 is 2.62 bits per heavy atom. The zero-order valence-corrected chi connectivity index (χ0v) is 15.7. The molecule has 0 aromatic carbocycles. The molecule has 7 nitrogen and oxygen atoms in total. The highest BCUT2D eigenvalue weighted by molar-refractivity contribution is 7.59. The van der Waals surface area contributed by atoms with E-state index >= 15 is 0 Å². The van der Waals surface area contributed by atoms with Gasteiger partial charge in [0.25, 0.3) is 0 Å². The maximum atomic E-state index is 4.67. The van der Waals surface area contributed by atoms with Gasteiger partial charge in [0, 0.05) is 30.5 Å². The Bertz CT molecular complexity index is 850. The molecule has 3 N–H and O–H groups in total. The summed E-state index contributed by atoms with van der Waals surface area (Å²) in [5, 5.41) is 12.3. The highest BCUT2D eigenvalue weighted by atomic mass is 32.1. The first-order chi connectivity index (χ1) is 11.6. The van der Waals surface area contributed by atoms with Gasteiger partial charge in [-0.05, 0) is 45.6 Å². The number of H-pyrrole nitrogens is 1. The van der Waals surface area contributed by atoms with Crippen molar-refractivity contribution in [2.75, 3.05) is 10.6 Å². The van der Waals surface area contributed by atoms with Crippen LogP contribution >= 0.6 is 13.5 Å². The molecule has 1 fully saturated rings. The Hall–Kier alpha value is -2.22. The van der Waals surface area contributed by atoms with Crippen molar-refractivity contribution >= 4 is 42.1 Å². The van der Waals surface area contributed by atoms with Crippen molar-refractivity contribution in [1.82, 2.24) is 24.7 Å². The van der Waals surface area contributed by atoms with Crippen molar-refractivity contribution in [3.05, 3.63) is 24.5 Å². The quantitative estimate of drug-likeness (QED) is 0.593. The Balaban J connectivity index is 0.00000121. The van der Waals surface area contributed by atoms with Gasteiger partial charge in [-0.1, -0.05) is 7.43 Å². The van der Waals surface area contributed by atoms with Crippen LogP contribution in [0.2, 0.25) is 0 Å². The van der Waals surface area contributed by atoms with Crippen molar-refractivity contribution < 1.29 is 0 Å². The van der Waals surface area contributed by atoms with Gasteiger partial charge in [-0.15, -0.1) is 0 Å². The van der Waals surface area contributed by atoms with E-state index in [1.807, 2.05) is 29.2 Å². The fourth-order valence-corrected chi connectivity index (χ4v) is 2.84. The Morgan fingerprint density at radius 1 is 1.19 bits per heavy atom. The molecule has 0 unspecified atom stereocenters. The van der Waals surface area contributed by atoms with Crippen molar-refractivity contribution in [2.45, 2.75) is 53.1 Å². The predicted octanol–water partition coefficient (Wildman–Crippen LogP) is 4.44. The summed E-state index contributed by atoms with van der Waals surface area (Å²) in [5.74, 6) is 2.92. The smallest absolute Gasteiger partial charge is 0.232 e. The molecule has 1 atom stereocenters. The number of nitrogens with one attached hydrogen (secondary N) is 3. The third-order valence-electron chi connectivity index (χ3n) is 4.49. The lowest BCUT2D eigenvalue weighted by Crippen LogP contribution is -2.18. The second kappa shape index (κ2) is 7.99. The van der Waals surface area contributed by atoms with E-state index in [0.717, 1.165) is 28.6 Å². The van der Waals surface area contributed by atoms with Crippen molar-refractivity contribution in [1.29, 1.82) is 0 Å². The van der Waals surface area contributed by atoms with Crippen molar-refractivity contribution in [3.8, 4) is 0 Å². The summed E-state index contributed by atoms with van der Waals surface area (Å²) in [7, 11) is 0. The SMILES string of the molecule is C.CC(C)n1ccc(Nc2nc(N[C@@H](C)C3CC3)c3cc[nH]c3n2)n1.S. The number of aromatic nitrogens is 5. The summed E-state index contributed by atoms with van der Waals surface area (Å²) >= 11 is 0. The summed E-state index contributed by atoms with van der Waals surface area (Å²) in [6, 6.07) is 4.69. The molecule has 0 amide bonds. The van der Waals surface area contributed by atoms with E-state index in [1.54, 1.807) is 0 Å². The monoisotopic (exact) mass is 375 g/mol. The number of aromatic amines is 1. The average Bonchev–Trinajstić information content (AvgIpc) is 3.10. The molecule has 8 heteroatoms. The largest absolute Gasteiger partial charge is 0.367 e. The van der Waals surface area contributed by atoms with Crippen molar-refractivity contribution in [2.24, 2.45) is 5.92 Å². The molecule has 1 aliphatic rings. The molecule has 0 bridgehead atoms. The van der Waals surface area contributed by atoms with Crippen LogP contribution in [0.3, 0.4) is 0 Å². The maximum Gasteiger partial charge on any atom is 0.232 e. The first-order valence-corrected chi connectivity index (χ1v) is 8.54. The van der Waals surface area contributed by atoms with E-state index in [9.17, 15) is 0 Å². The maximum absolute atomic E-state index is 4.67. The van der Waals surface area contributed by atoms with Crippen LogP contribution in [0.5, 0.6) is 0 Å². The minimum atomic E-state index is 0. The minimum absolute atomic E-state index is 0. The number of rotatable bonds is 6. The normalized spacial score (nSPS) is 14.6. The predicted molar refractivity (Wildman–Crippen MR) is 113 cm³/mol. The van der Waals surface area contributed by atoms with Crippen LogP contribution in [0.1, 0.15) is 47.1 Å². The van der Waals surface area contributed by atoms with Crippen molar-refractivity contribution in [3.63, 3.8) is 0 Å². The Kier molecular flexibility index (Phi) is 6.17. The van der Waals surface area contributed by atoms with Gasteiger partial charge in [0.1, 0.15) is 11.5 Å². The highest BCUT2D eigenvalue weighted by Crippen LogP contribution is 2.34. The summed E-state index contributed by atoms with van der Waals surface area (Å²) in [6.45, 7) is 6.41. The van der Waals surface area contributed by atoms with Crippen LogP contribution in [0.25, 0.3) is 11.0 Å². The molecule has 0 saturated heterocycles. The summed E-state index contributed by atoms with van der Waals surface area (Å²) < 4.78 is 1.91. The van der Waals surface area contributed by atoms with Gasteiger partial charge in [-0.25, -0.2) is 0 Å². The molecule has 3 aromatic rings. The first kappa shape index (κ1) is 20.1. The second-order valence-corrected chi connectivity index (χ2v) is 6.81. The molecule has 3 aromatic heterocycles. The van der Waals surface area contributed by atoms with E-state index in [0.29, 0.717) is 18.0 Å². The fraction of sp³-hybridized carbons (Fsp3) is 0.500. The van der Waals surface area contributed by atoms with Crippen LogP contribution in [0.15, 0.2) is 24.5 Å². The van der Waals surface area contributed by atoms with Crippen LogP contribution in [0, 0.1) is 5.92 Å². The molecule has 26 heavy (non-hydrogen) atoms. The lowest BCUT2D eigenvalue weighted by molar-refractivity contribution is 0.534. The molecule has 0 spiro atoms. The average molecular weight is 376 g/mol. The van der Waals surface area contributed by atoms with Gasteiger partial charge >= 0.3 is 0 Å². The van der Waals surface area contributed by atoms with Crippen LogP contribution in [-0.4, -0.2) is 30.8 Å². The molecule has 1 aliphatic carbocycles. The number of nitrogens with zero attached hydrogens (tertiary/aromatic N) is 4. The van der Waals surface area contributed by atoms with Crippen LogP contribution in [-0.2, 0) is 0 Å². The molecule has 1 saturated carbocycles. The molecule has 3 heterocycles. The molecule has 142 valence electrons. The molecular weight excluding hydrogens is 346 g/mol. The van der Waals surface area contributed by atoms with Gasteiger partial charge in [0.05, 0.1) is 5.39 Å². The third-order valence-corrected chi connectivity index (χ3v) is 4.49. The molecule has 0 aliphatic heterocycles. The van der Waals surface area contributed by atoms with Gasteiger partial charge in [-0.3, -0.25) is 4.68 Å². The number of fused-ring (bicyclic) bond motifs is 1. The van der Waals surface area contributed by atoms with Gasteiger partial charge < -0.3 is 15.6 Å². The van der Waals surface area contributed by atoms with Gasteiger partial charge in [-0.2, -0.15) is 28.6 Å². The number of hydrogen-bond donors (Lipinski definition) is 3. The second-order valence-electron chi connectivity index (χ2n) is 6.81. The lowest BCUT2D eigenvalue weighted by atomic mass is 10.2. The third kappa shape index (κ3) is 4.12. The highest BCUT2D eigenvalue weighted by Gasteiger charge is 2.28. The van der Waals surface area contributed by atoms with E-state index in [-0.39, 0.29) is 20.9 Å². The zero-order chi connectivity index (χ0) is 16.7. The first-order valence-electron chi connectivity index (χ1n) is 8.54. The summed E-state index contributed by atoms with van der Waals surface area (Å²) in [6.07, 6.45) is 6.44. The van der Waals surface area contributed by atoms with E-state index in [1.165, 1.54) is 12.8 Å². The Labute approximate surface area is 161 Å². The van der Waals surface area contributed by atoms with Gasteiger partial charge in [0.15, 0.2) is 5.82 Å². The standard InChI is InChI=1S/C17H23N7.CH4.H2S/c1-10(2)24-9-7-14(23-24)20-17-21-15-13(6-8-18-15)16(22-17)19-11(3)12-4-5-12;;/h6-12H,4-5H2,1-3H3,(H3,18,19,20,21,22,23);1H4;1H2/t11-;;/m0../s1. The van der Waals surface area contributed by atoms with E-state index in [4.69, 9.17) is 0 Å². The van der Waals surface area contributed by atoms with Crippen LogP contribution in [0.4, 0.5) is 17.6 Å². The topological polar surface area (TPSA) is 83.5 Å². The number of hydrogen-bond acceptors (Lipinski definition) is 5. The van der Waals surface area contributed by atoms with E-state index < -0.39 is 0 Å². The molecule has 4 rings (SSSR count).